The van der Waals surface area contributed by atoms with Crippen LogP contribution in [0, 0.1) is 0 Å². The van der Waals surface area contributed by atoms with Gasteiger partial charge in [-0.3, -0.25) is 0 Å². The molecule has 2 unspecified atom stereocenters. The molecule has 26 heavy (non-hydrogen) atoms. The highest BCUT2D eigenvalue weighted by Gasteiger charge is 2.26. The van der Waals surface area contributed by atoms with Crippen LogP contribution >= 0.6 is 0 Å². The Morgan fingerprint density at radius 3 is 2.19 bits per heavy atom. The topological polar surface area (TPSA) is 20.2 Å². The van der Waals surface area contributed by atoms with Crippen molar-refractivity contribution in [2.75, 3.05) is 0 Å². The van der Waals surface area contributed by atoms with Gasteiger partial charge in [-0.05, 0) is 53.8 Å². The first-order valence-electron chi connectivity index (χ1n) is 9.18. The van der Waals surface area contributed by atoms with E-state index in [-0.39, 0.29) is 5.92 Å². The first-order valence-corrected chi connectivity index (χ1v) is 9.18. The summed E-state index contributed by atoms with van der Waals surface area (Å²) in [5, 5.41) is 13.6. The van der Waals surface area contributed by atoms with Gasteiger partial charge < -0.3 is 5.11 Å². The van der Waals surface area contributed by atoms with Gasteiger partial charge in [0.15, 0.2) is 0 Å². The normalized spacial score (nSPS) is 18.3. The van der Waals surface area contributed by atoms with Crippen molar-refractivity contribution in [3.63, 3.8) is 0 Å². The molecular formula is C25H24O. The summed E-state index contributed by atoms with van der Waals surface area (Å²) in [4.78, 5) is 0. The molecule has 0 fully saturated rings. The quantitative estimate of drug-likeness (QED) is 0.593. The van der Waals surface area contributed by atoms with Gasteiger partial charge in [-0.15, -0.1) is 0 Å². The van der Waals surface area contributed by atoms with E-state index >= 15 is 0 Å². The zero-order chi connectivity index (χ0) is 18.3. The Morgan fingerprint density at radius 1 is 0.808 bits per heavy atom. The van der Waals surface area contributed by atoms with Crippen molar-refractivity contribution < 1.29 is 5.11 Å². The van der Waals surface area contributed by atoms with Crippen LogP contribution in [0.5, 0.6) is 0 Å². The van der Waals surface area contributed by atoms with Gasteiger partial charge in [0.1, 0.15) is 6.10 Å². The lowest BCUT2D eigenvalue weighted by atomic mass is 9.83. The Balaban J connectivity index is 1.97. The Bertz CT molecular complexity index is 1020. The van der Waals surface area contributed by atoms with Crippen LogP contribution in [0.3, 0.4) is 0 Å². The van der Waals surface area contributed by atoms with Crippen LogP contribution in [-0.2, 0) is 0 Å². The van der Waals surface area contributed by atoms with Crippen molar-refractivity contribution in [3.8, 4) is 0 Å². The summed E-state index contributed by atoms with van der Waals surface area (Å²) in [7, 11) is 0. The van der Waals surface area contributed by atoms with E-state index < -0.39 is 6.10 Å². The van der Waals surface area contributed by atoms with Gasteiger partial charge in [-0.1, -0.05) is 84.0 Å². The molecule has 3 aromatic rings. The highest BCUT2D eigenvalue weighted by molar-refractivity contribution is 5.88. The third-order valence-electron chi connectivity index (χ3n) is 5.79. The Hall–Kier alpha value is -2.64. The number of benzene rings is 3. The second kappa shape index (κ2) is 6.59. The summed E-state index contributed by atoms with van der Waals surface area (Å²) in [6, 6.07) is 22.7. The van der Waals surface area contributed by atoms with E-state index in [4.69, 9.17) is 0 Å². The fourth-order valence-corrected chi connectivity index (χ4v) is 4.06. The highest BCUT2D eigenvalue weighted by atomic mass is 16.3. The van der Waals surface area contributed by atoms with Crippen molar-refractivity contribution in [1.29, 1.82) is 0 Å². The largest absolute Gasteiger partial charge is 0.384 e. The molecule has 0 aromatic heterocycles. The SMILES string of the molecule is CC1=CC(c2ccc3ccccc3c2C(O)c2ccccc2)C(C)=C1C. The van der Waals surface area contributed by atoms with Gasteiger partial charge in [0, 0.05) is 5.92 Å². The maximum atomic E-state index is 11.3. The van der Waals surface area contributed by atoms with Gasteiger partial charge in [0.2, 0.25) is 0 Å². The molecule has 0 heterocycles. The molecule has 3 aromatic carbocycles. The van der Waals surface area contributed by atoms with E-state index in [1.165, 1.54) is 27.7 Å². The summed E-state index contributed by atoms with van der Waals surface area (Å²) in [5.74, 6) is 0.230. The van der Waals surface area contributed by atoms with Gasteiger partial charge >= 0.3 is 0 Å². The predicted octanol–water partition coefficient (Wildman–Crippen LogP) is 6.30. The maximum absolute atomic E-state index is 11.3. The van der Waals surface area contributed by atoms with E-state index in [2.05, 4.69) is 63.2 Å². The van der Waals surface area contributed by atoms with Crippen molar-refractivity contribution in [2.24, 2.45) is 0 Å². The number of aliphatic hydroxyl groups is 1. The number of hydrogen-bond donors (Lipinski definition) is 1. The monoisotopic (exact) mass is 340 g/mol. The van der Waals surface area contributed by atoms with E-state index in [0.29, 0.717) is 0 Å². The number of allylic oxidation sites excluding steroid dienone is 4. The third kappa shape index (κ3) is 2.69. The third-order valence-corrected chi connectivity index (χ3v) is 5.79. The van der Waals surface area contributed by atoms with Crippen molar-refractivity contribution in [1.82, 2.24) is 0 Å². The van der Waals surface area contributed by atoms with Gasteiger partial charge in [-0.25, -0.2) is 0 Å². The fourth-order valence-electron chi connectivity index (χ4n) is 4.06. The molecule has 1 aliphatic rings. The van der Waals surface area contributed by atoms with E-state index in [1.807, 2.05) is 30.3 Å². The van der Waals surface area contributed by atoms with Crippen LogP contribution < -0.4 is 0 Å². The van der Waals surface area contributed by atoms with Gasteiger partial charge in [0.05, 0.1) is 0 Å². The van der Waals surface area contributed by atoms with Gasteiger partial charge in [0.25, 0.3) is 0 Å². The molecular weight excluding hydrogens is 316 g/mol. The molecule has 1 aliphatic carbocycles. The van der Waals surface area contributed by atoms with Crippen molar-refractivity contribution >= 4 is 10.8 Å². The van der Waals surface area contributed by atoms with Crippen LogP contribution in [0.15, 0.2) is 89.5 Å². The summed E-state index contributed by atoms with van der Waals surface area (Å²) in [6.07, 6.45) is 1.69. The lowest BCUT2D eigenvalue weighted by Crippen LogP contribution is -2.08. The summed E-state index contributed by atoms with van der Waals surface area (Å²) < 4.78 is 0. The first kappa shape index (κ1) is 16.8. The molecule has 0 saturated heterocycles. The van der Waals surface area contributed by atoms with E-state index in [9.17, 15) is 5.11 Å². The number of fused-ring (bicyclic) bond motifs is 1. The lowest BCUT2D eigenvalue weighted by Gasteiger charge is -2.23. The first-order chi connectivity index (χ1) is 12.6. The fraction of sp³-hybridized carbons (Fsp3) is 0.200. The zero-order valence-electron chi connectivity index (χ0n) is 15.5. The Kier molecular flexibility index (Phi) is 4.26. The number of hydrogen-bond acceptors (Lipinski definition) is 1. The Morgan fingerprint density at radius 2 is 1.50 bits per heavy atom. The Labute approximate surface area is 155 Å². The molecule has 4 rings (SSSR count). The van der Waals surface area contributed by atoms with Crippen molar-refractivity contribution in [2.45, 2.75) is 32.8 Å². The average molecular weight is 340 g/mol. The molecule has 130 valence electrons. The smallest absolute Gasteiger partial charge is 0.105 e. The molecule has 1 heteroatoms. The minimum absolute atomic E-state index is 0.230. The van der Waals surface area contributed by atoms with Crippen LogP contribution in [-0.4, -0.2) is 5.11 Å². The minimum Gasteiger partial charge on any atom is -0.384 e. The van der Waals surface area contributed by atoms with Crippen LogP contribution in [0.25, 0.3) is 10.8 Å². The summed E-state index contributed by atoms with van der Waals surface area (Å²) in [6.45, 7) is 6.57. The van der Waals surface area contributed by atoms with E-state index in [1.54, 1.807) is 0 Å². The lowest BCUT2D eigenvalue weighted by molar-refractivity contribution is 0.220. The van der Waals surface area contributed by atoms with E-state index in [0.717, 1.165) is 16.5 Å². The average Bonchev–Trinajstić information content (AvgIpc) is 2.94. The predicted molar refractivity (Wildman–Crippen MR) is 109 cm³/mol. The summed E-state index contributed by atoms with van der Waals surface area (Å²) in [5.41, 5.74) is 7.23. The second-order valence-corrected chi connectivity index (χ2v) is 7.24. The van der Waals surface area contributed by atoms with Crippen LogP contribution in [0.2, 0.25) is 0 Å². The highest BCUT2D eigenvalue weighted by Crippen LogP contribution is 2.43. The molecule has 0 saturated carbocycles. The zero-order valence-corrected chi connectivity index (χ0v) is 15.5. The maximum Gasteiger partial charge on any atom is 0.105 e. The standard InChI is InChI=1S/C25H24O/c1-16-15-23(18(3)17(16)2)22-14-13-19-9-7-8-12-21(19)24(22)25(26)20-10-5-4-6-11-20/h4-15,23,25-26H,1-3H3. The molecule has 0 aliphatic heterocycles. The van der Waals surface area contributed by atoms with Crippen LogP contribution in [0.1, 0.15) is 49.5 Å². The molecule has 0 spiro atoms. The molecule has 0 radical (unpaired) electrons. The number of rotatable bonds is 3. The molecule has 2 atom stereocenters. The second-order valence-electron chi connectivity index (χ2n) is 7.24. The van der Waals surface area contributed by atoms with Crippen molar-refractivity contribution in [3.05, 3.63) is 106 Å². The summed E-state index contributed by atoms with van der Waals surface area (Å²) >= 11 is 0. The molecule has 0 bridgehead atoms. The number of aliphatic hydroxyl groups excluding tert-OH is 1. The molecule has 0 amide bonds. The van der Waals surface area contributed by atoms with Gasteiger partial charge in [-0.2, -0.15) is 0 Å². The molecule has 1 nitrogen and oxygen atoms in total. The van der Waals surface area contributed by atoms with Crippen LogP contribution in [0.4, 0.5) is 0 Å². The minimum atomic E-state index is -0.639. The molecule has 1 N–H and O–H groups in total.